The molecule has 1 aliphatic rings. The number of amides is 1. The lowest BCUT2D eigenvalue weighted by atomic mass is 10.1. The molecule has 0 unspecified atom stereocenters. The summed E-state index contributed by atoms with van der Waals surface area (Å²) in [6.07, 6.45) is 2.68. The van der Waals surface area contributed by atoms with Crippen molar-refractivity contribution in [3.8, 4) is 16.9 Å². The molecule has 0 aliphatic carbocycles. The Labute approximate surface area is 213 Å². The van der Waals surface area contributed by atoms with Crippen LogP contribution in [0.4, 0.5) is 5.13 Å². The SMILES string of the molecule is O=C(Nc1nc2c(s1)CN(Cc1ccccc1)CC2)c1cn(-c2ccccc2)nc1-c1ccccc1. The van der Waals surface area contributed by atoms with Gasteiger partial charge in [-0.2, -0.15) is 5.10 Å². The number of thiazole rings is 1. The molecule has 178 valence electrons. The van der Waals surface area contributed by atoms with E-state index in [1.54, 1.807) is 22.2 Å². The van der Waals surface area contributed by atoms with Gasteiger partial charge < -0.3 is 0 Å². The van der Waals surface area contributed by atoms with Crippen LogP contribution in [0.2, 0.25) is 0 Å². The first-order valence-corrected chi connectivity index (χ1v) is 12.8. The molecule has 3 aromatic carbocycles. The van der Waals surface area contributed by atoms with E-state index in [9.17, 15) is 4.79 Å². The highest BCUT2D eigenvalue weighted by atomic mass is 32.1. The molecule has 36 heavy (non-hydrogen) atoms. The van der Waals surface area contributed by atoms with Gasteiger partial charge in [-0.3, -0.25) is 15.0 Å². The third-order valence-electron chi connectivity index (χ3n) is 6.31. The summed E-state index contributed by atoms with van der Waals surface area (Å²) in [5.74, 6) is -0.205. The van der Waals surface area contributed by atoms with Crippen LogP contribution in [0.3, 0.4) is 0 Å². The second kappa shape index (κ2) is 9.89. The standard InChI is InChI=1S/C29H25N5OS/c35-28(24-19-34(23-14-8-3-9-15-23)32-27(24)22-12-6-2-7-13-22)31-29-30-25-16-17-33(20-26(25)36-29)18-21-10-4-1-5-11-21/h1-15,19H,16-18,20H2,(H,30,31,35). The number of fused-ring (bicyclic) bond motifs is 1. The quantitative estimate of drug-likeness (QED) is 0.326. The normalized spacial score (nSPS) is 13.3. The molecular weight excluding hydrogens is 466 g/mol. The van der Waals surface area contributed by atoms with Crippen LogP contribution in [0.5, 0.6) is 0 Å². The number of carbonyl (C=O) groups excluding carboxylic acids is 1. The van der Waals surface area contributed by atoms with Crippen molar-refractivity contribution in [2.45, 2.75) is 19.5 Å². The van der Waals surface area contributed by atoms with E-state index in [4.69, 9.17) is 10.1 Å². The zero-order valence-electron chi connectivity index (χ0n) is 19.7. The van der Waals surface area contributed by atoms with Crippen molar-refractivity contribution in [2.75, 3.05) is 11.9 Å². The van der Waals surface area contributed by atoms with Gasteiger partial charge in [0.25, 0.3) is 5.91 Å². The summed E-state index contributed by atoms with van der Waals surface area (Å²) in [7, 11) is 0. The summed E-state index contributed by atoms with van der Waals surface area (Å²) in [6, 6.07) is 30.1. The Morgan fingerprint density at radius 1 is 0.917 bits per heavy atom. The Morgan fingerprint density at radius 3 is 2.36 bits per heavy atom. The number of aromatic nitrogens is 3. The molecule has 2 aromatic heterocycles. The Bertz CT molecular complexity index is 1480. The lowest BCUT2D eigenvalue weighted by Crippen LogP contribution is -2.29. The van der Waals surface area contributed by atoms with Gasteiger partial charge in [0.15, 0.2) is 5.13 Å². The molecule has 6 rings (SSSR count). The van der Waals surface area contributed by atoms with Crippen molar-refractivity contribution in [1.29, 1.82) is 0 Å². The number of rotatable bonds is 6. The van der Waals surface area contributed by atoms with Crippen LogP contribution >= 0.6 is 11.3 Å². The van der Waals surface area contributed by atoms with E-state index < -0.39 is 0 Å². The molecule has 7 heteroatoms. The number of para-hydroxylation sites is 1. The third-order valence-corrected chi connectivity index (χ3v) is 7.30. The number of anilines is 1. The van der Waals surface area contributed by atoms with Gasteiger partial charge in [0.05, 0.1) is 16.9 Å². The second-order valence-electron chi connectivity index (χ2n) is 8.83. The number of nitrogens with zero attached hydrogens (tertiary/aromatic N) is 4. The molecule has 0 saturated carbocycles. The van der Waals surface area contributed by atoms with Gasteiger partial charge in [-0.25, -0.2) is 9.67 Å². The summed E-state index contributed by atoms with van der Waals surface area (Å²) in [5, 5.41) is 8.45. The van der Waals surface area contributed by atoms with Gasteiger partial charge >= 0.3 is 0 Å². The zero-order chi connectivity index (χ0) is 24.3. The minimum atomic E-state index is -0.205. The van der Waals surface area contributed by atoms with Crippen LogP contribution in [0, 0.1) is 0 Å². The fourth-order valence-corrected chi connectivity index (χ4v) is 5.55. The van der Waals surface area contributed by atoms with Gasteiger partial charge in [-0.15, -0.1) is 11.3 Å². The average molecular weight is 492 g/mol. The van der Waals surface area contributed by atoms with E-state index in [1.807, 2.05) is 66.7 Å². The molecule has 0 bridgehead atoms. The first-order chi connectivity index (χ1) is 17.7. The lowest BCUT2D eigenvalue weighted by molar-refractivity contribution is 0.102. The molecule has 0 atom stereocenters. The summed E-state index contributed by atoms with van der Waals surface area (Å²) in [5.41, 5.74) is 5.35. The Kier molecular flexibility index (Phi) is 6.15. The minimum Gasteiger partial charge on any atom is -0.298 e. The Morgan fingerprint density at radius 2 is 1.61 bits per heavy atom. The van der Waals surface area contributed by atoms with Gasteiger partial charge in [-0.1, -0.05) is 78.9 Å². The average Bonchev–Trinajstić information content (AvgIpc) is 3.54. The summed E-state index contributed by atoms with van der Waals surface area (Å²) >= 11 is 1.57. The fourth-order valence-electron chi connectivity index (χ4n) is 4.51. The van der Waals surface area contributed by atoms with Crippen molar-refractivity contribution in [3.63, 3.8) is 0 Å². The van der Waals surface area contributed by atoms with E-state index in [0.29, 0.717) is 16.4 Å². The van der Waals surface area contributed by atoms with Gasteiger partial charge in [0, 0.05) is 42.7 Å². The van der Waals surface area contributed by atoms with Crippen LogP contribution in [-0.2, 0) is 19.5 Å². The van der Waals surface area contributed by atoms with Crippen LogP contribution in [0.25, 0.3) is 16.9 Å². The van der Waals surface area contributed by atoms with Crippen LogP contribution in [0.15, 0.2) is 97.2 Å². The molecule has 1 N–H and O–H groups in total. The molecular formula is C29H25N5OS. The molecule has 0 spiro atoms. The smallest absolute Gasteiger partial charge is 0.261 e. The predicted octanol–water partition coefficient (Wildman–Crippen LogP) is 5.81. The highest BCUT2D eigenvalue weighted by molar-refractivity contribution is 7.15. The monoisotopic (exact) mass is 491 g/mol. The number of nitrogens with one attached hydrogen (secondary N) is 1. The van der Waals surface area contributed by atoms with E-state index >= 15 is 0 Å². The molecule has 0 radical (unpaired) electrons. The molecule has 5 aromatic rings. The topological polar surface area (TPSA) is 63.1 Å². The zero-order valence-corrected chi connectivity index (χ0v) is 20.5. The first-order valence-electron chi connectivity index (χ1n) is 12.0. The van der Waals surface area contributed by atoms with Gasteiger partial charge in [0.2, 0.25) is 0 Å². The van der Waals surface area contributed by atoms with E-state index in [-0.39, 0.29) is 5.91 Å². The van der Waals surface area contributed by atoms with Gasteiger partial charge in [0.1, 0.15) is 5.69 Å². The maximum Gasteiger partial charge on any atom is 0.261 e. The minimum absolute atomic E-state index is 0.205. The summed E-state index contributed by atoms with van der Waals surface area (Å²) in [6.45, 7) is 2.72. The Hall–Kier alpha value is -4.07. The molecule has 1 amide bonds. The highest BCUT2D eigenvalue weighted by Gasteiger charge is 2.24. The van der Waals surface area contributed by atoms with E-state index in [1.165, 1.54) is 10.4 Å². The highest BCUT2D eigenvalue weighted by Crippen LogP contribution is 2.30. The van der Waals surface area contributed by atoms with E-state index in [0.717, 1.165) is 43.0 Å². The van der Waals surface area contributed by atoms with Crippen LogP contribution < -0.4 is 5.32 Å². The summed E-state index contributed by atoms with van der Waals surface area (Å²) in [4.78, 5) is 21.9. The van der Waals surface area contributed by atoms with Crippen molar-refractivity contribution < 1.29 is 4.79 Å². The van der Waals surface area contributed by atoms with Crippen molar-refractivity contribution >= 4 is 22.4 Å². The molecule has 3 heterocycles. The predicted molar refractivity (Wildman–Crippen MR) is 143 cm³/mol. The summed E-state index contributed by atoms with van der Waals surface area (Å²) < 4.78 is 1.76. The van der Waals surface area contributed by atoms with Crippen molar-refractivity contribution in [3.05, 3.63) is 119 Å². The number of hydrogen-bond donors (Lipinski definition) is 1. The number of carbonyl (C=O) groups is 1. The molecule has 0 fully saturated rings. The van der Waals surface area contributed by atoms with Gasteiger partial charge in [-0.05, 0) is 17.7 Å². The molecule has 6 nitrogen and oxygen atoms in total. The van der Waals surface area contributed by atoms with Crippen LogP contribution in [0.1, 0.15) is 26.5 Å². The molecule has 1 aliphatic heterocycles. The maximum atomic E-state index is 13.5. The van der Waals surface area contributed by atoms with Crippen LogP contribution in [-0.4, -0.2) is 32.1 Å². The van der Waals surface area contributed by atoms with Crippen molar-refractivity contribution in [1.82, 2.24) is 19.7 Å². The van der Waals surface area contributed by atoms with E-state index in [2.05, 4.69) is 34.5 Å². The maximum absolute atomic E-state index is 13.5. The Balaban J connectivity index is 1.24. The third kappa shape index (κ3) is 4.71. The molecule has 0 saturated heterocycles. The second-order valence-corrected chi connectivity index (χ2v) is 9.91. The van der Waals surface area contributed by atoms with Crippen molar-refractivity contribution in [2.24, 2.45) is 0 Å². The lowest BCUT2D eigenvalue weighted by Gasteiger charge is -2.25. The number of benzene rings is 3. The first kappa shape index (κ1) is 22.4. The fraction of sp³-hybridized carbons (Fsp3) is 0.138. The number of hydrogen-bond acceptors (Lipinski definition) is 5. The largest absolute Gasteiger partial charge is 0.298 e.